The monoisotopic (exact) mass is 1160 g/mol. The summed E-state index contributed by atoms with van der Waals surface area (Å²) in [6.07, 6.45) is 6.93. The van der Waals surface area contributed by atoms with E-state index in [1.165, 1.54) is 6.92 Å². The van der Waals surface area contributed by atoms with Crippen LogP contribution in [0.15, 0.2) is 72.8 Å². The van der Waals surface area contributed by atoms with E-state index in [0.29, 0.717) is 127 Å². The van der Waals surface area contributed by atoms with E-state index >= 15 is 0 Å². The minimum absolute atomic E-state index is 0. The topological polar surface area (TPSA) is 333 Å². The van der Waals surface area contributed by atoms with Crippen LogP contribution in [-0.2, 0) is 43.0 Å². The van der Waals surface area contributed by atoms with E-state index in [-0.39, 0.29) is 118 Å². The van der Waals surface area contributed by atoms with Gasteiger partial charge in [0.05, 0.1) is 29.0 Å². The number of nitrogens with zero attached hydrogens (tertiary/aromatic N) is 6. The van der Waals surface area contributed by atoms with Gasteiger partial charge < -0.3 is 35.6 Å². The summed E-state index contributed by atoms with van der Waals surface area (Å²) < 4.78 is 11.7. The predicted octanol–water partition coefficient (Wildman–Crippen LogP) is 7.81. The number of carbonyl (C=O) groups excluding carboxylic acids is 8. The lowest BCUT2D eigenvalue weighted by Crippen LogP contribution is -2.31. The average Bonchev–Trinajstić information content (AvgIpc) is 3.38. The average molecular weight is 1160 g/mol. The number of phenols is 2. The molecule has 0 atom stereocenters. The number of rotatable bonds is 35. The minimum Gasteiger partial charge on any atom is -0.507 e. The van der Waals surface area contributed by atoms with Crippen LogP contribution >= 0.6 is 0 Å². The number of para-hydroxylation sites is 2. The Morgan fingerprint density at radius 1 is 0.518 bits per heavy atom. The Morgan fingerprint density at radius 2 is 0.952 bits per heavy atom. The number of ether oxygens (including phenoxy) is 2. The second-order valence-corrected chi connectivity index (χ2v) is 19.9. The van der Waals surface area contributed by atoms with Crippen molar-refractivity contribution in [2.45, 2.75) is 163 Å². The lowest BCUT2D eigenvalue weighted by molar-refractivity contribution is -0.166. The number of esters is 2. The molecule has 83 heavy (non-hydrogen) atoms. The first kappa shape index (κ1) is 71.1. The molecule has 0 saturated carbocycles. The number of hydrogen-bond acceptors (Lipinski definition) is 17. The molecule has 0 spiro atoms. The van der Waals surface area contributed by atoms with Gasteiger partial charge in [0.25, 0.3) is 5.91 Å². The summed E-state index contributed by atoms with van der Waals surface area (Å²) in [7, 11) is 0. The number of aromatic hydroxyl groups is 2. The molecule has 24 heteroatoms. The van der Waals surface area contributed by atoms with Gasteiger partial charge >= 0.3 is 11.9 Å². The van der Waals surface area contributed by atoms with E-state index in [1.54, 1.807) is 105 Å². The van der Waals surface area contributed by atoms with E-state index < -0.39 is 17.7 Å². The Bertz CT molecular complexity index is 2650. The zero-order chi connectivity index (χ0) is 60.4. The zero-order valence-electron chi connectivity index (χ0n) is 47.8. The van der Waals surface area contributed by atoms with E-state index in [2.05, 4.69) is 26.0 Å². The second kappa shape index (κ2) is 39.5. The molecule has 4 aromatic rings. The molecule has 0 fully saturated rings. The largest absolute Gasteiger partial charge is 0.507 e. The maximum absolute atomic E-state index is 12.6. The second-order valence-electron chi connectivity index (χ2n) is 19.9. The highest BCUT2D eigenvalue weighted by molar-refractivity contribution is 5.94. The van der Waals surface area contributed by atoms with Crippen LogP contribution < -0.4 is 16.0 Å². The Kier molecular flexibility index (Phi) is 33.8. The van der Waals surface area contributed by atoms with Crippen molar-refractivity contribution >= 4 is 47.4 Å². The molecule has 1 aromatic heterocycles. The lowest BCUT2D eigenvalue weighted by atomic mass is 10.1. The maximum atomic E-state index is 12.6. The summed E-state index contributed by atoms with van der Waals surface area (Å²) in [6.45, 7) is 10.1. The first-order valence-electron chi connectivity index (χ1n) is 28.0. The number of benzene rings is 3. The molecule has 0 aliphatic rings. The van der Waals surface area contributed by atoms with Crippen molar-refractivity contribution in [1.29, 1.82) is 0 Å². The SMILES string of the molecule is C.CC(=O)N(O)CCCCCNC(=O)CCC(=O)N(O)CCCCCNC(=O)CCC(=O)N(O)CCCCCCC(=O)OC(C)C.CC(C)OC(=O)CCCNC(=O)c1ccc(-n2nc(-c3ccccc3O)nc2-c2ccccc2O)cc1. The standard InChI is InChI=1S/C30H55N5O10.C28H28N4O5.CH4/c1-24(2)45-30(41)14-8-4-5-11-22-34(43)28(39)17-15-27(38)32-20-10-7-13-23-35(44)29(40)18-16-26(37)31-19-9-6-12-21-33(42)25(3)36;1-18(2)37-25(35)12-7-17-29-28(36)19-13-15-20(16-14-19)32-27(22-9-4-6-11-24(22)34)30-26(31-32)21-8-3-5-10-23(21)33;/h24,42-44H,4-23H2,1-3H3,(H,31,37)(H,32,38);3-6,8-11,13-16,18,33-34H,7,12,17H2,1-2H3,(H,29,36);1H4. The highest BCUT2D eigenvalue weighted by atomic mass is 16.5. The van der Waals surface area contributed by atoms with Gasteiger partial charge in [-0.25, -0.2) is 24.9 Å². The van der Waals surface area contributed by atoms with Crippen LogP contribution in [0.3, 0.4) is 0 Å². The van der Waals surface area contributed by atoms with Gasteiger partial charge in [-0.1, -0.05) is 44.5 Å². The van der Waals surface area contributed by atoms with Crippen LogP contribution in [0.2, 0.25) is 0 Å². The molecule has 1 heterocycles. The van der Waals surface area contributed by atoms with Crippen LogP contribution in [-0.4, -0.2) is 155 Å². The van der Waals surface area contributed by atoms with E-state index in [0.717, 1.165) is 12.8 Å². The molecule has 8 N–H and O–H groups in total. The number of unbranched alkanes of at least 4 members (excludes halogenated alkanes) is 7. The van der Waals surface area contributed by atoms with Gasteiger partial charge in [0.2, 0.25) is 29.5 Å². The number of aromatic nitrogens is 3. The predicted molar refractivity (Wildman–Crippen MR) is 308 cm³/mol. The molecule has 6 amide bonds. The van der Waals surface area contributed by atoms with Crippen LogP contribution in [0.25, 0.3) is 28.5 Å². The molecule has 0 radical (unpaired) electrons. The number of phenolic OH excluding ortho intramolecular Hbond substituents is 2. The van der Waals surface area contributed by atoms with Crippen molar-refractivity contribution in [2.24, 2.45) is 0 Å². The number of nitrogens with one attached hydrogen (secondary N) is 3. The molecular formula is C59H87N9O15. The van der Waals surface area contributed by atoms with E-state index in [1.807, 2.05) is 0 Å². The van der Waals surface area contributed by atoms with Crippen molar-refractivity contribution in [2.75, 3.05) is 39.3 Å². The van der Waals surface area contributed by atoms with Crippen LogP contribution in [0, 0.1) is 0 Å². The van der Waals surface area contributed by atoms with Gasteiger partial charge in [-0.15, -0.1) is 5.10 Å². The first-order valence-corrected chi connectivity index (χ1v) is 28.0. The fraction of sp³-hybridized carbons (Fsp3) is 0.525. The fourth-order valence-electron chi connectivity index (χ4n) is 7.79. The molecule has 0 unspecified atom stereocenters. The first-order chi connectivity index (χ1) is 39.2. The van der Waals surface area contributed by atoms with Crippen molar-refractivity contribution in [3.8, 4) is 40.0 Å². The van der Waals surface area contributed by atoms with Gasteiger partial charge in [-0.3, -0.25) is 54.0 Å². The number of amides is 6. The minimum atomic E-state index is -0.558. The van der Waals surface area contributed by atoms with Crippen LogP contribution in [0.4, 0.5) is 0 Å². The number of carbonyl (C=O) groups is 8. The third-order valence-electron chi connectivity index (χ3n) is 12.2. The lowest BCUT2D eigenvalue weighted by Gasteiger charge is -2.15. The van der Waals surface area contributed by atoms with Crippen LogP contribution in [0.5, 0.6) is 11.5 Å². The summed E-state index contributed by atoms with van der Waals surface area (Å²) in [4.78, 5) is 99.1. The normalized spacial score (nSPS) is 10.7. The van der Waals surface area contributed by atoms with E-state index in [9.17, 15) is 64.2 Å². The highest BCUT2D eigenvalue weighted by Gasteiger charge is 2.20. The Morgan fingerprint density at radius 3 is 1.43 bits per heavy atom. The van der Waals surface area contributed by atoms with Gasteiger partial charge in [0.15, 0.2) is 11.6 Å². The van der Waals surface area contributed by atoms with Crippen molar-refractivity contribution in [3.63, 3.8) is 0 Å². The molecule has 458 valence electrons. The molecule has 0 aliphatic carbocycles. The third-order valence-corrected chi connectivity index (χ3v) is 12.2. The summed E-state index contributed by atoms with van der Waals surface area (Å²) in [5.41, 5.74) is 1.97. The summed E-state index contributed by atoms with van der Waals surface area (Å²) >= 11 is 0. The fourth-order valence-corrected chi connectivity index (χ4v) is 7.79. The molecule has 4 rings (SSSR count). The van der Waals surface area contributed by atoms with Gasteiger partial charge in [0.1, 0.15) is 11.5 Å². The third kappa shape index (κ3) is 28.5. The van der Waals surface area contributed by atoms with Gasteiger partial charge in [0, 0.05) is 90.3 Å². The van der Waals surface area contributed by atoms with E-state index in [4.69, 9.17) is 9.47 Å². The summed E-state index contributed by atoms with van der Waals surface area (Å²) in [5.74, 6) is -2.18. The Labute approximate surface area is 486 Å². The molecule has 0 aliphatic heterocycles. The van der Waals surface area contributed by atoms with Crippen molar-refractivity contribution < 1.29 is 73.7 Å². The molecule has 0 saturated heterocycles. The highest BCUT2D eigenvalue weighted by Crippen LogP contribution is 2.33. The smallest absolute Gasteiger partial charge is 0.306 e. The summed E-state index contributed by atoms with van der Waals surface area (Å²) in [6, 6.07) is 20.3. The van der Waals surface area contributed by atoms with Crippen molar-refractivity contribution in [1.82, 2.24) is 45.9 Å². The molecule has 0 bridgehead atoms. The zero-order valence-corrected chi connectivity index (χ0v) is 47.8. The maximum Gasteiger partial charge on any atom is 0.306 e. The number of hydroxylamine groups is 6. The van der Waals surface area contributed by atoms with Gasteiger partial charge in [-0.05, 0) is 134 Å². The number of hydrogen-bond donors (Lipinski definition) is 8. The Hall–Kier alpha value is -7.96. The van der Waals surface area contributed by atoms with Gasteiger partial charge in [-0.2, -0.15) is 0 Å². The molecular weight excluding hydrogens is 1070 g/mol. The van der Waals surface area contributed by atoms with Crippen LogP contribution in [0.1, 0.15) is 162 Å². The molecule has 3 aromatic carbocycles. The molecule has 24 nitrogen and oxygen atoms in total. The Balaban J connectivity index is 0.000000568. The summed E-state index contributed by atoms with van der Waals surface area (Å²) in [5, 5.41) is 64.5. The quantitative estimate of drug-likeness (QED) is 0.00942. The van der Waals surface area contributed by atoms with Crippen molar-refractivity contribution in [3.05, 3.63) is 78.4 Å².